The summed E-state index contributed by atoms with van der Waals surface area (Å²) >= 11 is 5.99. The average Bonchev–Trinajstić information content (AvgIpc) is 2.41. The molecule has 0 aliphatic heterocycles. The van der Waals surface area contributed by atoms with Gasteiger partial charge >= 0.3 is 5.97 Å². The van der Waals surface area contributed by atoms with Crippen LogP contribution in [-0.4, -0.2) is 17.1 Å². The molecule has 0 radical (unpaired) electrons. The van der Waals surface area contributed by atoms with E-state index in [2.05, 4.69) is 12.2 Å². The molecule has 0 aromatic heterocycles. The molecule has 1 aliphatic rings. The second-order valence-corrected chi connectivity index (χ2v) is 6.03. The predicted octanol–water partition coefficient (Wildman–Crippen LogP) is 4.81. The van der Waals surface area contributed by atoms with Crippen molar-refractivity contribution in [3.05, 3.63) is 28.8 Å². The van der Waals surface area contributed by atoms with Gasteiger partial charge in [-0.1, -0.05) is 37.4 Å². The van der Waals surface area contributed by atoms with Crippen molar-refractivity contribution < 1.29 is 9.90 Å². The Hall–Kier alpha value is -1.22. The van der Waals surface area contributed by atoms with Gasteiger partial charge in [-0.05, 0) is 43.7 Å². The van der Waals surface area contributed by atoms with Gasteiger partial charge < -0.3 is 10.4 Å². The zero-order valence-corrected chi connectivity index (χ0v) is 12.6. The van der Waals surface area contributed by atoms with E-state index in [0.29, 0.717) is 16.8 Å². The van der Waals surface area contributed by atoms with Gasteiger partial charge in [0.1, 0.15) is 5.56 Å². The largest absolute Gasteiger partial charge is 0.478 e. The van der Waals surface area contributed by atoms with Crippen LogP contribution in [0.4, 0.5) is 5.69 Å². The minimum atomic E-state index is -0.974. The Balaban J connectivity index is 2.01. The summed E-state index contributed by atoms with van der Waals surface area (Å²) in [7, 11) is 0. The molecule has 4 heteroatoms. The Labute approximate surface area is 125 Å². The molecule has 1 saturated carbocycles. The number of aromatic carboxylic acids is 1. The van der Waals surface area contributed by atoms with Gasteiger partial charge in [-0.3, -0.25) is 0 Å². The van der Waals surface area contributed by atoms with E-state index in [9.17, 15) is 9.90 Å². The number of anilines is 1. The number of carbonyl (C=O) groups is 1. The number of hydrogen-bond donors (Lipinski definition) is 2. The summed E-state index contributed by atoms with van der Waals surface area (Å²) in [6, 6.07) is 5.57. The van der Waals surface area contributed by atoms with Gasteiger partial charge in [-0.2, -0.15) is 0 Å². The van der Waals surface area contributed by atoms with Gasteiger partial charge in [0.15, 0.2) is 0 Å². The minimum Gasteiger partial charge on any atom is -0.478 e. The highest BCUT2D eigenvalue weighted by atomic mass is 35.5. The monoisotopic (exact) mass is 295 g/mol. The number of hydrogen-bond acceptors (Lipinski definition) is 2. The molecule has 1 aliphatic carbocycles. The van der Waals surface area contributed by atoms with E-state index in [-0.39, 0.29) is 5.56 Å². The predicted molar refractivity (Wildman–Crippen MR) is 82.7 cm³/mol. The maximum atomic E-state index is 11.3. The number of carboxylic acids is 1. The second kappa shape index (κ2) is 6.98. The molecule has 3 nitrogen and oxygen atoms in total. The molecule has 1 aromatic carbocycles. The number of halogens is 1. The molecule has 1 aromatic rings. The molecule has 0 atom stereocenters. The third-order valence-electron chi connectivity index (χ3n) is 4.13. The van der Waals surface area contributed by atoms with Crippen LogP contribution in [0.3, 0.4) is 0 Å². The highest BCUT2D eigenvalue weighted by molar-refractivity contribution is 6.34. The number of benzene rings is 1. The summed E-state index contributed by atoms with van der Waals surface area (Å²) in [5.74, 6) is -0.130. The molecular weight excluding hydrogens is 274 g/mol. The summed E-state index contributed by atoms with van der Waals surface area (Å²) in [6.07, 6.45) is 7.24. The second-order valence-electron chi connectivity index (χ2n) is 5.62. The summed E-state index contributed by atoms with van der Waals surface area (Å²) in [6.45, 7) is 2.23. The molecular formula is C16H22ClNO2. The van der Waals surface area contributed by atoms with Crippen LogP contribution >= 0.6 is 11.6 Å². The van der Waals surface area contributed by atoms with Gasteiger partial charge in [0.2, 0.25) is 0 Å². The fourth-order valence-electron chi connectivity index (χ4n) is 3.09. The summed E-state index contributed by atoms with van der Waals surface area (Å²) in [4.78, 5) is 11.3. The van der Waals surface area contributed by atoms with Gasteiger partial charge in [-0.15, -0.1) is 0 Å². The average molecular weight is 296 g/mol. The summed E-state index contributed by atoms with van der Waals surface area (Å²) in [5, 5.41) is 12.9. The van der Waals surface area contributed by atoms with Crippen LogP contribution in [-0.2, 0) is 0 Å². The maximum absolute atomic E-state index is 11.3. The lowest BCUT2D eigenvalue weighted by Crippen LogP contribution is -2.27. The fourth-order valence-corrected chi connectivity index (χ4v) is 3.34. The fraction of sp³-hybridized carbons (Fsp3) is 0.562. The van der Waals surface area contributed by atoms with Crippen molar-refractivity contribution in [1.82, 2.24) is 0 Å². The van der Waals surface area contributed by atoms with E-state index in [1.54, 1.807) is 18.2 Å². The lowest BCUT2D eigenvalue weighted by Gasteiger charge is -2.30. The first-order chi connectivity index (χ1) is 9.61. The zero-order valence-electron chi connectivity index (χ0n) is 11.9. The molecule has 0 saturated heterocycles. The Morgan fingerprint density at radius 2 is 2.05 bits per heavy atom. The minimum absolute atomic E-state index is 0.185. The Morgan fingerprint density at radius 1 is 1.35 bits per heavy atom. The SMILES string of the molecule is CCCC1CCC(Nc2cccc(Cl)c2C(=O)O)CC1. The van der Waals surface area contributed by atoms with E-state index in [4.69, 9.17) is 11.6 Å². The first-order valence-corrected chi connectivity index (χ1v) is 7.78. The Kier molecular flexibility index (Phi) is 5.30. The topological polar surface area (TPSA) is 49.3 Å². The van der Waals surface area contributed by atoms with Gasteiger partial charge in [0.05, 0.1) is 10.7 Å². The number of nitrogens with one attached hydrogen (secondary N) is 1. The van der Waals surface area contributed by atoms with Crippen molar-refractivity contribution in [2.24, 2.45) is 5.92 Å². The van der Waals surface area contributed by atoms with Crippen LogP contribution in [0.1, 0.15) is 55.8 Å². The van der Waals surface area contributed by atoms with Crippen molar-refractivity contribution in [3.8, 4) is 0 Å². The molecule has 2 rings (SSSR count). The van der Waals surface area contributed by atoms with Crippen LogP contribution in [0.5, 0.6) is 0 Å². The van der Waals surface area contributed by atoms with Crippen molar-refractivity contribution in [1.29, 1.82) is 0 Å². The van der Waals surface area contributed by atoms with Gasteiger partial charge in [0, 0.05) is 6.04 Å². The normalized spacial score (nSPS) is 22.5. The summed E-state index contributed by atoms with van der Waals surface area (Å²) < 4.78 is 0. The molecule has 20 heavy (non-hydrogen) atoms. The van der Waals surface area contributed by atoms with Crippen LogP contribution in [0.2, 0.25) is 5.02 Å². The van der Waals surface area contributed by atoms with Gasteiger partial charge in [0.25, 0.3) is 0 Å². The van der Waals surface area contributed by atoms with Gasteiger partial charge in [-0.25, -0.2) is 4.79 Å². The van der Waals surface area contributed by atoms with Crippen LogP contribution in [0.15, 0.2) is 18.2 Å². The Morgan fingerprint density at radius 3 is 2.65 bits per heavy atom. The molecule has 2 N–H and O–H groups in total. The summed E-state index contributed by atoms with van der Waals surface area (Å²) in [5.41, 5.74) is 0.828. The quantitative estimate of drug-likeness (QED) is 0.819. The van der Waals surface area contributed by atoms with Crippen LogP contribution in [0.25, 0.3) is 0 Å². The van der Waals surface area contributed by atoms with E-state index in [1.807, 2.05) is 0 Å². The third kappa shape index (κ3) is 3.66. The Bertz CT molecular complexity index is 468. The van der Waals surface area contributed by atoms with Crippen molar-refractivity contribution in [2.45, 2.75) is 51.5 Å². The van der Waals surface area contributed by atoms with E-state index in [0.717, 1.165) is 18.8 Å². The molecule has 0 bridgehead atoms. The van der Waals surface area contributed by atoms with Crippen molar-refractivity contribution in [3.63, 3.8) is 0 Å². The highest BCUT2D eigenvalue weighted by Crippen LogP contribution is 2.31. The standard InChI is InChI=1S/C16H22ClNO2/c1-2-4-11-7-9-12(10-8-11)18-14-6-3-5-13(17)15(14)16(19)20/h3,5-6,11-12,18H,2,4,7-10H2,1H3,(H,19,20). The van der Waals surface area contributed by atoms with E-state index in [1.165, 1.54) is 25.7 Å². The van der Waals surface area contributed by atoms with E-state index < -0.39 is 5.97 Å². The van der Waals surface area contributed by atoms with Crippen molar-refractivity contribution >= 4 is 23.3 Å². The van der Waals surface area contributed by atoms with Crippen molar-refractivity contribution in [2.75, 3.05) is 5.32 Å². The highest BCUT2D eigenvalue weighted by Gasteiger charge is 2.22. The molecule has 0 heterocycles. The molecule has 110 valence electrons. The molecule has 0 spiro atoms. The first kappa shape index (κ1) is 15.2. The number of carboxylic acid groups (broad SMARTS) is 1. The maximum Gasteiger partial charge on any atom is 0.339 e. The smallest absolute Gasteiger partial charge is 0.339 e. The lowest BCUT2D eigenvalue weighted by atomic mass is 9.83. The van der Waals surface area contributed by atoms with E-state index >= 15 is 0 Å². The molecule has 0 amide bonds. The number of rotatable bonds is 5. The zero-order chi connectivity index (χ0) is 14.5. The molecule has 1 fully saturated rings. The van der Waals surface area contributed by atoms with Crippen LogP contribution < -0.4 is 5.32 Å². The third-order valence-corrected chi connectivity index (χ3v) is 4.45. The lowest BCUT2D eigenvalue weighted by molar-refractivity contribution is 0.0698. The van der Waals surface area contributed by atoms with Crippen LogP contribution in [0, 0.1) is 5.92 Å². The molecule has 0 unspecified atom stereocenters. The first-order valence-electron chi connectivity index (χ1n) is 7.40.